The van der Waals surface area contributed by atoms with Crippen LogP contribution >= 0.6 is 11.8 Å². The maximum atomic E-state index is 12.2. The highest BCUT2D eigenvalue weighted by Crippen LogP contribution is 2.25. The molecule has 1 aliphatic heterocycles. The van der Waals surface area contributed by atoms with Crippen molar-refractivity contribution in [3.05, 3.63) is 24.3 Å². The molecule has 6 nitrogen and oxygen atoms in total. The van der Waals surface area contributed by atoms with Crippen LogP contribution in [0.5, 0.6) is 5.75 Å². The first-order valence-electron chi connectivity index (χ1n) is 7.65. The highest BCUT2D eigenvalue weighted by atomic mass is 32.2. The molecule has 1 N–H and O–H groups in total. The Balaban J connectivity index is 1.56. The van der Waals surface area contributed by atoms with E-state index in [-0.39, 0.29) is 11.7 Å². The summed E-state index contributed by atoms with van der Waals surface area (Å²) in [5.74, 6) is 1.56. The molecule has 3 rings (SSSR count). The topological polar surface area (TPSA) is 79.5 Å². The van der Waals surface area contributed by atoms with Crippen molar-refractivity contribution >= 4 is 17.7 Å². The molecule has 1 fully saturated rings. The van der Waals surface area contributed by atoms with E-state index in [1.54, 1.807) is 24.3 Å². The van der Waals surface area contributed by atoms with Gasteiger partial charge in [-0.05, 0) is 43.0 Å². The summed E-state index contributed by atoms with van der Waals surface area (Å²) in [7, 11) is 0. The highest BCUT2D eigenvalue weighted by molar-refractivity contribution is 7.99. The van der Waals surface area contributed by atoms with E-state index in [2.05, 4.69) is 17.1 Å². The number of phenolic OH excluding ortho intramolecular Hbond substituents is 1. The van der Waals surface area contributed by atoms with E-state index in [0.29, 0.717) is 22.8 Å². The van der Waals surface area contributed by atoms with Crippen LogP contribution in [-0.4, -0.2) is 45.0 Å². The zero-order chi connectivity index (χ0) is 16.2. The van der Waals surface area contributed by atoms with Gasteiger partial charge in [0.1, 0.15) is 5.75 Å². The first-order valence-corrected chi connectivity index (χ1v) is 8.64. The number of hydrogen-bond acceptors (Lipinski definition) is 6. The van der Waals surface area contributed by atoms with Gasteiger partial charge >= 0.3 is 0 Å². The molecule has 0 spiro atoms. The number of aromatic nitrogens is 2. The molecular formula is C16H19N3O3S. The molecule has 1 atom stereocenters. The predicted molar refractivity (Wildman–Crippen MR) is 87.1 cm³/mol. The van der Waals surface area contributed by atoms with E-state index in [4.69, 9.17) is 4.42 Å². The monoisotopic (exact) mass is 333 g/mol. The number of carbonyl (C=O) groups is 1. The summed E-state index contributed by atoms with van der Waals surface area (Å²) in [5, 5.41) is 17.6. The molecule has 23 heavy (non-hydrogen) atoms. The van der Waals surface area contributed by atoms with Gasteiger partial charge in [0, 0.05) is 18.7 Å². The van der Waals surface area contributed by atoms with Crippen molar-refractivity contribution in [2.24, 2.45) is 5.92 Å². The fourth-order valence-corrected chi connectivity index (χ4v) is 3.29. The minimum absolute atomic E-state index is 0.117. The minimum atomic E-state index is 0.117. The average molecular weight is 333 g/mol. The van der Waals surface area contributed by atoms with Crippen molar-refractivity contribution in [2.45, 2.75) is 25.0 Å². The zero-order valence-corrected chi connectivity index (χ0v) is 13.8. The molecule has 1 aromatic heterocycles. The summed E-state index contributed by atoms with van der Waals surface area (Å²) in [6.07, 6.45) is 2.26. The lowest BCUT2D eigenvalue weighted by atomic mass is 10.0. The molecule has 2 heterocycles. The third kappa shape index (κ3) is 4.04. The molecule has 0 saturated carbocycles. The van der Waals surface area contributed by atoms with E-state index in [1.807, 2.05) is 4.90 Å². The predicted octanol–water partition coefficient (Wildman–Crippen LogP) is 2.79. The molecule has 0 aliphatic carbocycles. The number of amides is 1. The number of carbonyl (C=O) groups excluding carboxylic acids is 1. The number of rotatable bonds is 4. The summed E-state index contributed by atoms with van der Waals surface area (Å²) in [4.78, 5) is 14.1. The fraction of sp³-hybridized carbons (Fsp3) is 0.438. The molecule has 1 aliphatic rings. The van der Waals surface area contributed by atoms with E-state index < -0.39 is 0 Å². The van der Waals surface area contributed by atoms with E-state index in [0.717, 1.165) is 25.1 Å². The maximum Gasteiger partial charge on any atom is 0.277 e. The largest absolute Gasteiger partial charge is 0.508 e. The number of hydrogen-bond donors (Lipinski definition) is 1. The summed E-state index contributed by atoms with van der Waals surface area (Å²) in [6.45, 7) is 3.85. The second kappa shape index (κ2) is 7.04. The van der Waals surface area contributed by atoms with Gasteiger partial charge in [-0.25, -0.2) is 0 Å². The van der Waals surface area contributed by atoms with E-state index in [9.17, 15) is 9.90 Å². The second-order valence-corrected chi connectivity index (χ2v) is 6.72. The normalized spacial score (nSPS) is 18.1. The molecule has 122 valence electrons. The summed E-state index contributed by atoms with van der Waals surface area (Å²) < 4.78 is 5.56. The minimum Gasteiger partial charge on any atom is -0.508 e. The van der Waals surface area contributed by atoms with Gasteiger partial charge in [0.05, 0.1) is 5.75 Å². The Morgan fingerprint density at radius 1 is 1.39 bits per heavy atom. The number of thioether (sulfide) groups is 1. The van der Waals surface area contributed by atoms with Crippen molar-refractivity contribution in [3.63, 3.8) is 0 Å². The van der Waals surface area contributed by atoms with Gasteiger partial charge in [-0.15, -0.1) is 10.2 Å². The maximum absolute atomic E-state index is 12.2. The number of phenols is 1. The van der Waals surface area contributed by atoms with Gasteiger partial charge in [-0.1, -0.05) is 18.7 Å². The van der Waals surface area contributed by atoms with Gasteiger partial charge < -0.3 is 14.4 Å². The summed E-state index contributed by atoms with van der Waals surface area (Å²) in [5.41, 5.74) is 0.735. The third-order valence-corrected chi connectivity index (χ3v) is 4.65. The van der Waals surface area contributed by atoms with Crippen LogP contribution in [0.3, 0.4) is 0 Å². The van der Waals surface area contributed by atoms with Gasteiger partial charge in [0.2, 0.25) is 11.8 Å². The zero-order valence-electron chi connectivity index (χ0n) is 12.9. The van der Waals surface area contributed by atoms with Gasteiger partial charge in [-0.3, -0.25) is 4.79 Å². The highest BCUT2D eigenvalue weighted by Gasteiger charge is 2.21. The van der Waals surface area contributed by atoms with E-state index >= 15 is 0 Å². The number of likely N-dealkylation sites (tertiary alicyclic amines) is 1. The summed E-state index contributed by atoms with van der Waals surface area (Å²) in [6, 6.07) is 6.54. The van der Waals surface area contributed by atoms with Crippen LogP contribution in [0, 0.1) is 5.92 Å². The Kier molecular flexibility index (Phi) is 4.85. The first-order chi connectivity index (χ1) is 11.1. The van der Waals surface area contributed by atoms with Crippen molar-refractivity contribution in [1.29, 1.82) is 0 Å². The molecule has 1 aromatic carbocycles. The second-order valence-electron chi connectivity index (χ2n) is 5.80. The van der Waals surface area contributed by atoms with Crippen LogP contribution in [0.1, 0.15) is 19.8 Å². The molecule has 1 amide bonds. The van der Waals surface area contributed by atoms with Crippen LogP contribution in [0.2, 0.25) is 0 Å². The van der Waals surface area contributed by atoms with Crippen LogP contribution in [0.25, 0.3) is 11.5 Å². The van der Waals surface area contributed by atoms with E-state index in [1.165, 1.54) is 18.2 Å². The van der Waals surface area contributed by atoms with Crippen molar-refractivity contribution in [1.82, 2.24) is 15.1 Å². The van der Waals surface area contributed by atoms with Gasteiger partial charge in [-0.2, -0.15) is 0 Å². The molecule has 1 saturated heterocycles. The molecule has 0 unspecified atom stereocenters. The van der Waals surface area contributed by atoms with Gasteiger partial charge in [0.15, 0.2) is 0 Å². The molecule has 2 aromatic rings. The van der Waals surface area contributed by atoms with Crippen LogP contribution < -0.4 is 0 Å². The van der Waals surface area contributed by atoms with Crippen LogP contribution in [0.15, 0.2) is 33.9 Å². The molecule has 0 bridgehead atoms. The van der Waals surface area contributed by atoms with Crippen molar-refractivity contribution in [3.8, 4) is 17.2 Å². The smallest absolute Gasteiger partial charge is 0.277 e. The molecule has 7 heteroatoms. The lowest BCUT2D eigenvalue weighted by Crippen LogP contribution is -2.40. The number of piperidine rings is 1. The van der Waals surface area contributed by atoms with Gasteiger partial charge in [0.25, 0.3) is 5.22 Å². The number of aromatic hydroxyl groups is 1. The fourth-order valence-electron chi connectivity index (χ4n) is 2.62. The number of benzene rings is 1. The van der Waals surface area contributed by atoms with Crippen LogP contribution in [-0.2, 0) is 4.79 Å². The Bertz CT molecular complexity index is 671. The molecule has 0 radical (unpaired) electrons. The SMILES string of the molecule is C[C@H]1CCCN(C(=O)CSc2nnc(-c3ccc(O)cc3)o2)C1. The quantitative estimate of drug-likeness (QED) is 0.867. The van der Waals surface area contributed by atoms with Crippen LogP contribution in [0.4, 0.5) is 0 Å². The lowest BCUT2D eigenvalue weighted by Gasteiger charge is -2.30. The lowest BCUT2D eigenvalue weighted by molar-refractivity contribution is -0.130. The average Bonchev–Trinajstić information content (AvgIpc) is 3.02. The first kappa shape index (κ1) is 15.9. The third-order valence-electron chi connectivity index (χ3n) is 3.85. The van der Waals surface area contributed by atoms with Crippen molar-refractivity contribution in [2.75, 3.05) is 18.8 Å². The summed E-state index contributed by atoms with van der Waals surface area (Å²) >= 11 is 1.26. The Hall–Kier alpha value is -2.02. The number of nitrogens with zero attached hydrogens (tertiary/aromatic N) is 3. The van der Waals surface area contributed by atoms with Crippen molar-refractivity contribution < 1.29 is 14.3 Å². The Morgan fingerprint density at radius 2 is 2.17 bits per heavy atom. The Morgan fingerprint density at radius 3 is 2.91 bits per heavy atom. The molecular weight excluding hydrogens is 314 g/mol. The Labute approximate surface area is 138 Å². The standard InChI is InChI=1S/C16H19N3O3S/c1-11-3-2-8-19(9-11)14(21)10-23-16-18-17-15(22-16)12-4-6-13(20)7-5-12/h4-7,11,20H,2-3,8-10H2,1H3/t11-/m0/s1.